The first-order valence-corrected chi connectivity index (χ1v) is 9.74. The van der Waals surface area contributed by atoms with Crippen molar-refractivity contribution in [3.8, 4) is 0 Å². The number of rotatable bonds is 8. The van der Waals surface area contributed by atoms with Crippen molar-refractivity contribution in [2.75, 3.05) is 13.2 Å². The molecule has 0 radical (unpaired) electrons. The SMILES string of the molecule is C=C(C)C(=O)O.C=C(C)C(=O)OCC1OC[C@@H](OC(=O)C(=C)C)[C@@H](C)[C@@H]1OC(=O)C(=C)C. The number of carboxylic acid groups (broad SMARTS) is 1. The highest BCUT2D eigenvalue weighted by Gasteiger charge is 2.43. The van der Waals surface area contributed by atoms with Crippen LogP contribution in [0.15, 0.2) is 48.6 Å². The van der Waals surface area contributed by atoms with Gasteiger partial charge in [0.2, 0.25) is 0 Å². The number of hydrogen-bond acceptors (Lipinski definition) is 8. The maximum atomic E-state index is 12.0. The van der Waals surface area contributed by atoms with Gasteiger partial charge in [0.05, 0.1) is 6.61 Å². The van der Waals surface area contributed by atoms with E-state index in [0.29, 0.717) is 0 Å². The molecule has 0 spiro atoms. The number of esters is 3. The van der Waals surface area contributed by atoms with Gasteiger partial charge in [-0.1, -0.05) is 33.2 Å². The molecule has 0 aromatic rings. The quantitative estimate of drug-likeness (QED) is 0.336. The van der Waals surface area contributed by atoms with Crippen LogP contribution in [0, 0.1) is 5.92 Å². The van der Waals surface area contributed by atoms with E-state index < -0.39 is 42.2 Å². The van der Waals surface area contributed by atoms with Gasteiger partial charge in [0.25, 0.3) is 0 Å². The van der Waals surface area contributed by atoms with Crippen LogP contribution in [-0.2, 0) is 38.1 Å². The zero-order valence-corrected chi connectivity index (χ0v) is 19.3. The van der Waals surface area contributed by atoms with Gasteiger partial charge in [-0.3, -0.25) is 0 Å². The fourth-order valence-corrected chi connectivity index (χ4v) is 2.23. The summed E-state index contributed by atoms with van der Waals surface area (Å²) >= 11 is 0. The molecule has 1 unspecified atom stereocenters. The molecule has 178 valence electrons. The van der Waals surface area contributed by atoms with E-state index in [-0.39, 0.29) is 41.4 Å². The summed E-state index contributed by atoms with van der Waals surface area (Å²) in [6.07, 6.45) is -2.11. The highest BCUT2D eigenvalue weighted by Crippen LogP contribution is 2.28. The number of ether oxygens (including phenoxy) is 4. The maximum Gasteiger partial charge on any atom is 0.333 e. The first-order chi connectivity index (χ1) is 14.7. The Kier molecular flexibility index (Phi) is 11.9. The molecule has 9 heteroatoms. The highest BCUT2D eigenvalue weighted by atomic mass is 16.6. The Morgan fingerprint density at radius 2 is 1.28 bits per heavy atom. The van der Waals surface area contributed by atoms with Crippen LogP contribution >= 0.6 is 0 Å². The van der Waals surface area contributed by atoms with Crippen LogP contribution in [0.3, 0.4) is 0 Å². The van der Waals surface area contributed by atoms with Gasteiger partial charge in [0, 0.05) is 28.2 Å². The third-order valence-corrected chi connectivity index (χ3v) is 4.24. The Hall–Kier alpha value is -3.20. The van der Waals surface area contributed by atoms with E-state index in [0.717, 1.165) is 0 Å². The van der Waals surface area contributed by atoms with Crippen LogP contribution in [0.5, 0.6) is 0 Å². The van der Waals surface area contributed by atoms with Gasteiger partial charge in [0.15, 0.2) is 0 Å². The van der Waals surface area contributed by atoms with Gasteiger partial charge in [0.1, 0.15) is 24.9 Å². The Bertz CT molecular complexity index is 779. The number of carbonyl (C=O) groups is 4. The zero-order chi connectivity index (χ0) is 25.2. The predicted octanol–water partition coefficient (Wildman–Crippen LogP) is 2.76. The van der Waals surface area contributed by atoms with E-state index >= 15 is 0 Å². The molecule has 1 aliphatic rings. The van der Waals surface area contributed by atoms with Crippen molar-refractivity contribution in [3.63, 3.8) is 0 Å². The molecule has 4 atom stereocenters. The fraction of sp³-hybridized carbons (Fsp3) is 0.478. The van der Waals surface area contributed by atoms with E-state index in [2.05, 4.69) is 26.3 Å². The highest BCUT2D eigenvalue weighted by molar-refractivity contribution is 5.88. The van der Waals surface area contributed by atoms with E-state index in [4.69, 9.17) is 24.1 Å². The largest absolute Gasteiger partial charge is 0.478 e. The first-order valence-electron chi connectivity index (χ1n) is 9.74. The number of aliphatic carboxylic acids is 1. The lowest BCUT2D eigenvalue weighted by Gasteiger charge is -2.39. The van der Waals surface area contributed by atoms with Crippen molar-refractivity contribution in [2.45, 2.75) is 52.9 Å². The molecule has 1 N–H and O–H groups in total. The van der Waals surface area contributed by atoms with Crippen LogP contribution < -0.4 is 0 Å². The van der Waals surface area contributed by atoms with Crippen molar-refractivity contribution in [3.05, 3.63) is 48.6 Å². The second kappa shape index (κ2) is 13.3. The summed E-state index contributed by atoms with van der Waals surface area (Å²) in [7, 11) is 0. The van der Waals surface area contributed by atoms with E-state index in [9.17, 15) is 19.2 Å². The molecule has 0 amide bonds. The van der Waals surface area contributed by atoms with Crippen LogP contribution in [-0.4, -0.2) is 60.5 Å². The predicted molar refractivity (Wildman–Crippen MR) is 117 cm³/mol. The summed E-state index contributed by atoms with van der Waals surface area (Å²) in [5.41, 5.74) is 0.897. The topological polar surface area (TPSA) is 125 Å². The van der Waals surface area contributed by atoms with Gasteiger partial charge in [-0.25, -0.2) is 19.2 Å². The second-order valence-electron chi connectivity index (χ2n) is 7.57. The summed E-state index contributed by atoms with van der Waals surface area (Å²) in [6, 6.07) is 0. The monoisotopic (exact) mass is 452 g/mol. The minimum absolute atomic E-state index is 0.0800. The standard InChI is InChI=1S/C19H26O7.C4H6O2/c1-10(2)17(20)24-9-15-16(26-19(22)12(5)6)13(7)14(8-23-15)25-18(21)11(3)4;1-3(2)4(5)6/h13-16H,1,3,5,8-9H2,2,4,6-7H3;1H2,2H3,(H,5,6)/t13-,14-,15?,16+;/m1./s1. The molecule has 1 aliphatic heterocycles. The van der Waals surface area contributed by atoms with Crippen LogP contribution in [0.2, 0.25) is 0 Å². The molecule has 1 saturated heterocycles. The summed E-state index contributed by atoms with van der Waals surface area (Å²) in [6.45, 7) is 21.5. The van der Waals surface area contributed by atoms with Crippen molar-refractivity contribution >= 4 is 23.9 Å². The van der Waals surface area contributed by atoms with E-state index in [1.165, 1.54) is 27.7 Å². The van der Waals surface area contributed by atoms with Gasteiger partial charge in [-0.15, -0.1) is 0 Å². The molecule has 1 fully saturated rings. The Morgan fingerprint density at radius 1 is 0.844 bits per heavy atom. The van der Waals surface area contributed by atoms with Gasteiger partial charge >= 0.3 is 23.9 Å². The summed E-state index contributed by atoms with van der Waals surface area (Å²) in [5, 5.41) is 7.89. The normalized spacial score (nSPS) is 21.7. The van der Waals surface area contributed by atoms with E-state index in [1.807, 2.05) is 0 Å². The first kappa shape index (κ1) is 28.8. The molecule has 1 heterocycles. The number of carboxylic acids is 1. The second-order valence-corrected chi connectivity index (χ2v) is 7.57. The molecule has 32 heavy (non-hydrogen) atoms. The molecule has 1 rings (SSSR count). The van der Waals surface area contributed by atoms with Gasteiger partial charge in [-0.2, -0.15) is 0 Å². The Balaban J connectivity index is 0.00000140. The van der Waals surface area contributed by atoms with Crippen molar-refractivity contribution in [1.82, 2.24) is 0 Å². The van der Waals surface area contributed by atoms with Crippen LogP contribution in [0.25, 0.3) is 0 Å². The van der Waals surface area contributed by atoms with Crippen LogP contribution in [0.4, 0.5) is 0 Å². The van der Waals surface area contributed by atoms with Gasteiger partial charge in [-0.05, 0) is 27.7 Å². The van der Waals surface area contributed by atoms with Crippen molar-refractivity contribution in [2.24, 2.45) is 5.92 Å². The van der Waals surface area contributed by atoms with Gasteiger partial charge < -0.3 is 24.1 Å². The molecule has 0 aromatic carbocycles. The lowest BCUT2D eigenvalue weighted by molar-refractivity contribution is -0.203. The van der Waals surface area contributed by atoms with Crippen LogP contribution in [0.1, 0.15) is 34.6 Å². The molecule has 0 saturated carbocycles. The number of carbonyl (C=O) groups excluding carboxylic acids is 3. The lowest BCUT2D eigenvalue weighted by atomic mass is 9.91. The molecule has 9 nitrogen and oxygen atoms in total. The average molecular weight is 453 g/mol. The summed E-state index contributed by atoms with van der Waals surface area (Å²) in [5.74, 6) is -3.04. The molecule has 0 bridgehead atoms. The Morgan fingerprint density at radius 3 is 1.69 bits per heavy atom. The third-order valence-electron chi connectivity index (χ3n) is 4.24. The molecular weight excluding hydrogens is 420 g/mol. The maximum absolute atomic E-state index is 12.0. The van der Waals surface area contributed by atoms with E-state index in [1.54, 1.807) is 6.92 Å². The fourth-order valence-electron chi connectivity index (χ4n) is 2.23. The average Bonchev–Trinajstić information content (AvgIpc) is 2.69. The smallest absolute Gasteiger partial charge is 0.333 e. The number of hydrogen-bond donors (Lipinski definition) is 1. The minimum atomic E-state index is -0.935. The summed E-state index contributed by atoms with van der Waals surface area (Å²) in [4.78, 5) is 45.0. The molecule has 0 aromatic heterocycles. The zero-order valence-electron chi connectivity index (χ0n) is 19.3. The molecular formula is C23H32O9. The molecule has 0 aliphatic carbocycles. The van der Waals surface area contributed by atoms with Crippen molar-refractivity contribution < 1.29 is 43.2 Å². The van der Waals surface area contributed by atoms with Crippen molar-refractivity contribution in [1.29, 1.82) is 0 Å². The lowest BCUT2D eigenvalue weighted by Crippen LogP contribution is -2.53. The minimum Gasteiger partial charge on any atom is -0.478 e. The summed E-state index contributed by atoms with van der Waals surface area (Å²) < 4.78 is 21.6. The Labute approximate surface area is 188 Å². The third kappa shape index (κ3) is 9.74.